The van der Waals surface area contributed by atoms with Crippen LogP contribution in [0.1, 0.15) is 0 Å². The molecule has 3 rings (SSSR count). The molecule has 0 spiro atoms. The van der Waals surface area contributed by atoms with Gasteiger partial charge in [-0.25, -0.2) is 14.4 Å². The molecule has 0 aliphatic carbocycles. The Kier molecular flexibility index (Phi) is 9.05. The summed E-state index contributed by atoms with van der Waals surface area (Å²) in [5.41, 5.74) is 0. The largest absolute Gasteiger partial charge is 0.355 e. The first-order valence-electron chi connectivity index (χ1n) is 8.63. The Hall–Kier alpha value is -1.62. The molecular weight excluding hydrogens is 478 g/mol. The van der Waals surface area contributed by atoms with Crippen LogP contribution in [0.25, 0.3) is 0 Å². The van der Waals surface area contributed by atoms with Gasteiger partial charge < -0.3 is 15.1 Å². The van der Waals surface area contributed by atoms with Crippen molar-refractivity contribution < 1.29 is 4.39 Å². The standard InChI is InChI=1S/C18H23FN6S.HI/c1-20-17(23-9-14-26-16-6-3-2-5-15(16)19)24-10-12-25(13-11-24)18-21-7-4-8-22-18;/h2-8H,9-14H2,1H3,(H,20,23);1H. The van der Waals surface area contributed by atoms with Crippen LogP contribution in [0.2, 0.25) is 0 Å². The molecule has 0 bridgehead atoms. The number of hydrogen-bond donors (Lipinski definition) is 1. The highest BCUT2D eigenvalue weighted by atomic mass is 127. The maximum absolute atomic E-state index is 13.6. The molecule has 1 aromatic carbocycles. The summed E-state index contributed by atoms with van der Waals surface area (Å²) < 4.78 is 13.6. The number of nitrogens with zero attached hydrogens (tertiary/aromatic N) is 5. The first kappa shape index (κ1) is 21.7. The summed E-state index contributed by atoms with van der Waals surface area (Å²) in [6.45, 7) is 4.16. The van der Waals surface area contributed by atoms with Crippen molar-refractivity contribution in [2.75, 3.05) is 50.4 Å². The van der Waals surface area contributed by atoms with Crippen LogP contribution in [0.15, 0.2) is 52.6 Å². The van der Waals surface area contributed by atoms with Gasteiger partial charge in [-0.05, 0) is 18.2 Å². The van der Waals surface area contributed by atoms with E-state index >= 15 is 0 Å². The summed E-state index contributed by atoms with van der Waals surface area (Å²) in [5, 5.41) is 3.37. The van der Waals surface area contributed by atoms with E-state index < -0.39 is 0 Å². The maximum Gasteiger partial charge on any atom is 0.225 e. The Bertz CT molecular complexity index is 725. The summed E-state index contributed by atoms with van der Waals surface area (Å²) in [7, 11) is 1.79. The summed E-state index contributed by atoms with van der Waals surface area (Å²) in [6.07, 6.45) is 3.53. The van der Waals surface area contributed by atoms with E-state index in [0.717, 1.165) is 50.4 Å². The van der Waals surface area contributed by atoms with Crippen LogP contribution in [0.3, 0.4) is 0 Å². The number of rotatable bonds is 5. The zero-order valence-electron chi connectivity index (χ0n) is 15.2. The van der Waals surface area contributed by atoms with Crippen molar-refractivity contribution in [3.05, 3.63) is 48.5 Å². The molecule has 0 amide bonds. The third-order valence-corrected chi connectivity index (χ3v) is 5.16. The van der Waals surface area contributed by atoms with Gasteiger partial charge >= 0.3 is 0 Å². The lowest BCUT2D eigenvalue weighted by atomic mass is 10.3. The Balaban J connectivity index is 0.00000261. The molecule has 1 aromatic heterocycles. The molecule has 1 saturated heterocycles. The molecule has 6 nitrogen and oxygen atoms in total. The molecule has 146 valence electrons. The van der Waals surface area contributed by atoms with Crippen LogP contribution in [0.5, 0.6) is 0 Å². The molecule has 1 fully saturated rings. The number of guanidine groups is 1. The van der Waals surface area contributed by atoms with E-state index in [1.807, 2.05) is 12.1 Å². The topological polar surface area (TPSA) is 56.7 Å². The number of halogens is 2. The molecule has 0 radical (unpaired) electrons. The first-order valence-corrected chi connectivity index (χ1v) is 9.61. The molecule has 0 saturated carbocycles. The van der Waals surface area contributed by atoms with Gasteiger partial charge in [-0.2, -0.15) is 0 Å². The van der Waals surface area contributed by atoms with Crippen molar-refractivity contribution in [2.24, 2.45) is 4.99 Å². The number of nitrogens with one attached hydrogen (secondary N) is 1. The van der Waals surface area contributed by atoms with E-state index in [0.29, 0.717) is 4.90 Å². The van der Waals surface area contributed by atoms with Crippen molar-refractivity contribution >= 4 is 47.6 Å². The maximum atomic E-state index is 13.6. The average Bonchev–Trinajstić information content (AvgIpc) is 2.70. The Labute approximate surface area is 180 Å². The molecule has 1 aliphatic heterocycles. The predicted molar refractivity (Wildman–Crippen MR) is 120 cm³/mol. The summed E-state index contributed by atoms with van der Waals surface area (Å²) in [6, 6.07) is 8.68. The lowest BCUT2D eigenvalue weighted by molar-refractivity contribution is 0.371. The Morgan fingerprint density at radius 2 is 1.85 bits per heavy atom. The monoisotopic (exact) mass is 502 g/mol. The van der Waals surface area contributed by atoms with Crippen LogP contribution in [0.4, 0.5) is 10.3 Å². The highest BCUT2D eigenvalue weighted by molar-refractivity contribution is 14.0. The van der Waals surface area contributed by atoms with Gasteiger partial charge in [0.1, 0.15) is 5.82 Å². The minimum absolute atomic E-state index is 0. The van der Waals surface area contributed by atoms with Gasteiger partial charge in [-0.15, -0.1) is 35.7 Å². The number of hydrogen-bond acceptors (Lipinski definition) is 5. The van der Waals surface area contributed by atoms with Crippen LogP contribution in [-0.4, -0.2) is 66.4 Å². The predicted octanol–water partition coefficient (Wildman–Crippen LogP) is 2.72. The summed E-state index contributed by atoms with van der Waals surface area (Å²) in [5.74, 6) is 2.27. The number of piperazine rings is 1. The van der Waals surface area contributed by atoms with Crippen molar-refractivity contribution in [1.82, 2.24) is 20.2 Å². The van der Waals surface area contributed by atoms with E-state index in [4.69, 9.17) is 0 Å². The van der Waals surface area contributed by atoms with Crippen molar-refractivity contribution in [2.45, 2.75) is 4.90 Å². The molecular formula is C18H24FIN6S. The third-order valence-electron chi connectivity index (χ3n) is 4.11. The van der Waals surface area contributed by atoms with Crippen molar-refractivity contribution in [3.8, 4) is 0 Å². The lowest BCUT2D eigenvalue weighted by Crippen LogP contribution is -2.53. The third kappa shape index (κ3) is 6.20. The Morgan fingerprint density at radius 3 is 2.52 bits per heavy atom. The molecule has 27 heavy (non-hydrogen) atoms. The van der Waals surface area contributed by atoms with Gasteiger partial charge in [0.15, 0.2) is 5.96 Å². The molecule has 0 atom stereocenters. The first-order chi connectivity index (χ1) is 12.8. The fourth-order valence-electron chi connectivity index (χ4n) is 2.79. The molecule has 1 aliphatic rings. The van der Waals surface area contributed by atoms with Crippen molar-refractivity contribution in [1.29, 1.82) is 0 Å². The highest BCUT2D eigenvalue weighted by Crippen LogP contribution is 2.20. The van der Waals surface area contributed by atoms with E-state index in [9.17, 15) is 4.39 Å². The second-order valence-electron chi connectivity index (χ2n) is 5.78. The van der Waals surface area contributed by atoms with Gasteiger partial charge in [0.25, 0.3) is 0 Å². The summed E-state index contributed by atoms with van der Waals surface area (Å²) in [4.78, 5) is 18.1. The number of benzene rings is 1. The second kappa shape index (κ2) is 11.3. The minimum Gasteiger partial charge on any atom is -0.355 e. The van der Waals surface area contributed by atoms with Gasteiger partial charge in [0, 0.05) is 62.8 Å². The normalized spacial score (nSPS) is 14.7. The van der Waals surface area contributed by atoms with Crippen LogP contribution < -0.4 is 10.2 Å². The molecule has 9 heteroatoms. The highest BCUT2D eigenvalue weighted by Gasteiger charge is 2.20. The SMILES string of the molecule is CN=C(NCCSc1ccccc1F)N1CCN(c2ncccn2)CC1.I. The van der Waals surface area contributed by atoms with Crippen LogP contribution >= 0.6 is 35.7 Å². The van der Waals surface area contributed by atoms with Gasteiger partial charge in [-0.3, -0.25) is 4.99 Å². The summed E-state index contributed by atoms with van der Waals surface area (Å²) >= 11 is 1.51. The fourth-order valence-corrected chi connectivity index (χ4v) is 3.60. The molecule has 0 unspecified atom stereocenters. The minimum atomic E-state index is -0.166. The second-order valence-corrected chi connectivity index (χ2v) is 6.91. The number of anilines is 1. The van der Waals surface area contributed by atoms with Crippen LogP contribution in [-0.2, 0) is 0 Å². The molecule has 1 N–H and O–H groups in total. The molecule has 2 heterocycles. The Morgan fingerprint density at radius 1 is 1.15 bits per heavy atom. The lowest BCUT2D eigenvalue weighted by Gasteiger charge is -2.36. The average molecular weight is 502 g/mol. The van der Waals surface area contributed by atoms with Crippen LogP contribution in [0, 0.1) is 5.82 Å². The number of aliphatic imine (C=N–C) groups is 1. The van der Waals surface area contributed by atoms with E-state index in [2.05, 4.69) is 30.1 Å². The smallest absolute Gasteiger partial charge is 0.225 e. The number of aromatic nitrogens is 2. The van der Waals surface area contributed by atoms with E-state index in [1.54, 1.807) is 31.6 Å². The van der Waals surface area contributed by atoms with Gasteiger partial charge in [-0.1, -0.05) is 12.1 Å². The van der Waals surface area contributed by atoms with E-state index in [-0.39, 0.29) is 29.8 Å². The fraction of sp³-hybridized carbons (Fsp3) is 0.389. The zero-order chi connectivity index (χ0) is 18.2. The van der Waals surface area contributed by atoms with Crippen molar-refractivity contribution in [3.63, 3.8) is 0 Å². The quantitative estimate of drug-likeness (QED) is 0.223. The number of thioether (sulfide) groups is 1. The van der Waals surface area contributed by atoms with Gasteiger partial charge in [0.2, 0.25) is 5.95 Å². The zero-order valence-corrected chi connectivity index (χ0v) is 18.4. The molecule has 2 aromatic rings. The van der Waals surface area contributed by atoms with Gasteiger partial charge in [0.05, 0.1) is 0 Å². The van der Waals surface area contributed by atoms with E-state index in [1.165, 1.54) is 17.8 Å².